The van der Waals surface area contributed by atoms with Gasteiger partial charge in [-0.15, -0.1) is 0 Å². The van der Waals surface area contributed by atoms with Crippen LogP contribution in [0.2, 0.25) is 0 Å². The Morgan fingerprint density at radius 1 is 1.43 bits per heavy atom. The van der Waals surface area contributed by atoms with Crippen LogP contribution in [0.25, 0.3) is 0 Å². The molecule has 0 aromatic rings. The van der Waals surface area contributed by atoms with E-state index in [0.29, 0.717) is 18.4 Å². The summed E-state index contributed by atoms with van der Waals surface area (Å²) in [6.45, 7) is 5.47. The quantitative estimate of drug-likeness (QED) is 0.759. The summed E-state index contributed by atoms with van der Waals surface area (Å²) in [6.07, 6.45) is 2.13. The first-order valence-electron chi connectivity index (χ1n) is 4.95. The lowest BCUT2D eigenvalue weighted by Gasteiger charge is -2.34. The Morgan fingerprint density at radius 2 is 2.07 bits per heavy atom. The molecular formula is C9H19NO3S. The normalized spacial score (nSPS) is 29.4. The monoisotopic (exact) mass is 221 g/mol. The van der Waals surface area contributed by atoms with Crippen molar-refractivity contribution in [3.63, 3.8) is 0 Å². The highest BCUT2D eigenvalue weighted by molar-refractivity contribution is 7.88. The van der Waals surface area contributed by atoms with Gasteiger partial charge in [0.05, 0.1) is 12.9 Å². The first kappa shape index (κ1) is 11.9. The average Bonchev–Trinajstić information content (AvgIpc) is 2.01. The molecule has 0 unspecified atom stereocenters. The van der Waals surface area contributed by atoms with Gasteiger partial charge in [0.2, 0.25) is 10.0 Å². The summed E-state index contributed by atoms with van der Waals surface area (Å²) in [6, 6.07) is -0.0567. The van der Waals surface area contributed by atoms with Crippen LogP contribution in [-0.2, 0) is 14.8 Å². The Bertz CT molecular complexity index is 274. The predicted molar refractivity (Wildman–Crippen MR) is 55.5 cm³/mol. The van der Waals surface area contributed by atoms with Crippen LogP contribution in [0.1, 0.15) is 20.3 Å². The molecule has 5 heteroatoms. The molecule has 1 fully saturated rings. The van der Waals surface area contributed by atoms with E-state index in [4.69, 9.17) is 4.74 Å². The van der Waals surface area contributed by atoms with Crippen molar-refractivity contribution < 1.29 is 13.2 Å². The van der Waals surface area contributed by atoms with E-state index < -0.39 is 10.0 Å². The van der Waals surface area contributed by atoms with Crippen LogP contribution in [0.15, 0.2) is 0 Å². The smallest absolute Gasteiger partial charge is 0.209 e. The lowest BCUT2D eigenvalue weighted by molar-refractivity contribution is 0.0289. The third-order valence-electron chi connectivity index (χ3n) is 2.63. The zero-order chi connectivity index (χ0) is 10.8. The molecule has 1 heterocycles. The number of hydrogen-bond donors (Lipinski definition) is 1. The Morgan fingerprint density at radius 3 is 2.57 bits per heavy atom. The third-order valence-corrected chi connectivity index (χ3v) is 3.36. The first-order chi connectivity index (χ1) is 6.40. The molecule has 1 aliphatic rings. The Hall–Kier alpha value is -0.130. The topological polar surface area (TPSA) is 55.4 Å². The molecule has 0 bridgehead atoms. The third kappa shape index (κ3) is 3.55. The van der Waals surface area contributed by atoms with Crippen molar-refractivity contribution >= 4 is 10.0 Å². The molecule has 14 heavy (non-hydrogen) atoms. The molecule has 1 rings (SSSR count). The van der Waals surface area contributed by atoms with Gasteiger partial charge in [0, 0.05) is 12.6 Å². The standard InChI is InChI=1S/C9H19NO3S/c1-7(2)8-4-5-13-6-9(8)10-14(3,11)12/h7-10H,4-6H2,1-3H3/t8-,9+/m0/s1. The molecular weight excluding hydrogens is 202 g/mol. The minimum absolute atomic E-state index is 0.0567. The van der Waals surface area contributed by atoms with Crippen LogP contribution in [0, 0.1) is 11.8 Å². The highest BCUT2D eigenvalue weighted by Gasteiger charge is 2.29. The van der Waals surface area contributed by atoms with Gasteiger partial charge >= 0.3 is 0 Å². The predicted octanol–water partition coefficient (Wildman–Crippen LogP) is 0.597. The van der Waals surface area contributed by atoms with E-state index in [1.807, 2.05) is 0 Å². The van der Waals surface area contributed by atoms with Gasteiger partial charge in [-0.2, -0.15) is 0 Å². The molecule has 0 aromatic carbocycles. The van der Waals surface area contributed by atoms with E-state index in [-0.39, 0.29) is 6.04 Å². The van der Waals surface area contributed by atoms with Gasteiger partial charge in [-0.25, -0.2) is 13.1 Å². The molecule has 0 amide bonds. The van der Waals surface area contributed by atoms with Gasteiger partial charge in [0.15, 0.2) is 0 Å². The van der Waals surface area contributed by atoms with E-state index in [1.165, 1.54) is 6.26 Å². The summed E-state index contributed by atoms with van der Waals surface area (Å²) in [4.78, 5) is 0. The molecule has 0 radical (unpaired) electrons. The van der Waals surface area contributed by atoms with Gasteiger partial charge in [-0.3, -0.25) is 0 Å². The second kappa shape index (κ2) is 4.59. The SMILES string of the molecule is CC(C)[C@@H]1CCOC[C@H]1NS(C)(=O)=O. The van der Waals surface area contributed by atoms with Crippen molar-refractivity contribution in [3.8, 4) is 0 Å². The van der Waals surface area contributed by atoms with Crippen LogP contribution in [0.4, 0.5) is 0 Å². The van der Waals surface area contributed by atoms with Crippen molar-refractivity contribution in [2.24, 2.45) is 11.8 Å². The van der Waals surface area contributed by atoms with Crippen LogP contribution >= 0.6 is 0 Å². The molecule has 0 aliphatic carbocycles. The molecule has 1 aliphatic heterocycles. The summed E-state index contributed by atoms with van der Waals surface area (Å²) >= 11 is 0. The molecule has 0 saturated carbocycles. The average molecular weight is 221 g/mol. The van der Waals surface area contributed by atoms with Gasteiger partial charge in [-0.1, -0.05) is 13.8 Å². The number of sulfonamides is 1. The fourth-order valence-electron chi connectivity index (χ4n) is 1.95. The van der Waals surface area contributed by atoms with Crippen LogP contribution < -0.4 is 4.72 Å². The maximum Gasteiger partial charge on any atom is 0.209 e. The summed E-state index contributed by atoms with van der Waals surface area (Å²) in [7, 11) is -3.12. The summed E-state index contributed by atoms with van der Waals surface area (Å²) in [5.74, 6) is 0.872. The molecule has 2 atom stereocenters. The van der Waals surface area contributed by atoms with E-state index in [1.54, 1.807) is 0 Å². The first-order valence-corrected chi connectivity index (χ1v) is 6.84. The van der Waals surface area contributed by atoms with Crippen LogP contribution in [0.3, 0.4) is 0 Å². The van der Waals surface area contributed by atoms with Crippen molar-refractivity contribution in [2.75, 3.05) is 19.5 Å². The minimum Gasteiger partial charge on any atom is -0.380 e. The largest absolute Gasteiger partial charge is 0.380 e. The summed E-state index contributed by atoms with van der Waals surface area (Å²) < 4.78 is 30.1. The second-order valence-electron chi connectivity index (χ2n) is 4.27. The van der Waals surface area contributed by atoms with Gasteiger partial charge in [-0.05, 0) is 18.3 Å². The molecule has 84 valence electrons. The van der Waals surface area contributed by atoms with Gasteiger partial charge in [0.25, 0.3) is 0 Å². The lowest BCUT2D eigenvalue weighted by atomic mass is 9.85. The summed E-state index contributed by atoms with van der Waals surface area (Å²) in [5.41, 5.74) is 0. The van der Waals surface area contributed by atoms with Crippen LogP contribution in [0.5, 0.6) is 0 Å². The van der Waals surface area contributed by atoms with Crippen molar-refractivity contribution in [2.45, 2.75) is 26.3 Å². The van der Waals surface area contributed by atoms with E-state index in [2.05, 4.69) is 18.6 Å². The Labute approximate surface area is 86.1 Å². The van der Waals surface area contributed by atoms with Gasteiger partial charge in [0.1, 0.15) is 0 Å². The highest BCUT2D eigenvalue weighted by atomic mass is 32.2. The van der Waals surface area contributed by atoms with E-state index in [9.17, 15) is 8.42 Å². The van der Waals surface area contributed by atoms with Crippen molar-refractivity contribution in [1.82, 2.24) is 4.72 Å². The maximum atomic E-state index is 11.1. The van der Waals surface area contributed by atoms with Crippen LogP contribution in [-0.4, -0.2) is 33.9 Å². The molecule has 1 N–H and O–H groups in total. The minimum atomic E-state index is -3.12. The zero-order valence-corrected chi connectivity index (χ0v) is 9.80. The summed E-state index contributed by atoms with van der Waals surface area (Å²) in [5, 5.41) is 0. The molecule has 4 nitrogen and oxygen atoms in total. The van der Waals surface area contributed by atoms with E-state index >= 15 is 0 Å². The Balaban J connectivity index is 2.63. The highest BCUT2D eigenvalue weighted by Crippen LogP contribution is 2.23. The molecule has 0 aromatic heterocycles. The fourth-order valence-corrected chi connectivity index (χ4v) is 2.74. The second-order valence-corrected chi connectivity index (χ2v) is 6.05. The molecule has 1 saturated heterocycles. The maximum absolute atomic E-state index is 11.1. The lowest BCUT2D eigenvalue weighted by Crippen LogP contribution is -2.47. The number of rotatable bonds is 3. The number of hydrogen-bond acceptors (Lipinski definition) is 3. The van der Waals surface area contributed by atoms with Crippen molar-refractivity contribution in [1.29, 1.82) is 0 Å². The fraction of sp³-hybridized carbons (Fsp3) is 1.00. The molecule has 0 spiro atoms. The number of ether oxygens (including phenoxy) is 1. The van der Waals surface area contributed by atoms with Gasteiger partial charge < -0.3 is 4.74 Å². The van der Waals surface area contributed by atoms with Crippen molar-refractivity contribution in [3.05, 3.63) is 0 Å². The Kier molecular flexibility index (Phi) is 3.92. The zero-order valence-electron chi connectivity index (χ0n) is 8.99. The number of nitrogens with one attached hydrogen (secondary N) is 1. The van der Waals surface area contributed by atoms with E-state index in [0.717, 1.165) is 13.0 Å².